The Labute approximate surface area is 175 Å². The molecule has 0 bridgehead atoms. The Balaban J connectivity index is 1.43. The summed E-state index contributed by atoms with van der Waals surface area (Å²) < 4.78 is 27.1. The van der Waals surface area contributed by atoms with Crippen LogP contribution in [0.4, 0.5) is 5.82 Å². The Morgan fingerprint density at radius 3 is 2.24 bits per heavy atom. The third kappa shape index (κ3) is 4.27. The molecule has 0 atom stereocenters. The monoisotopic (exact) mass is 428 g/mol. The molecule has 0 unspecified atom stereocenters. The van der Waals surface area contributed by atoms with E-state index in [0.717, 1.165) is 17.1 Å². The quantitative estimate of drug-likeness (QED) is 0.635. The predicted molar refractivity (Wildman–Crippen MR) is 115 cm³/mol. The number of rotatable bonds is 4. The standard InChI is InChI=1S/C21H21ClN4O2S/c1-16-5-7-17(8-6-16)20-9-10-21(24-23-20)25-11-13-26(14-12-25)29(27,28)19-4-2-3-18(22)15-19/h2-10,15H,11-14H2,1H3. The lowest BCUT2D eigenvalue weighted by Gasteiger charge is -2.34. The molecule has 0 aliphatic carbocycles. The highest BCUT2D eigenvalue weighted by Gasteiger charge is 2.29. The van der Waals surface area contributed by atoms with Crippen molar-refractivity contribution < 1.29 is 8.42 Å². The molecular weight excluding hydrogens is 408 g/mol. The average molecular weight is 429 g/mol. The largest absolute Gasteiger partial charge is 0.352 e. The summed E-state index contributed by atoms with van der Waals surface area (Å²) in [6, 6.07) is 18.4. The van der Waals surface area contributed by atoms with Gasteiger partial charge in [-0.1, -0.05) is 47.5 Å². The second-order valence-corrected chi connectivity index (χ2v) is 9.37. The lowest BCUT2D eigenvalue weighted by Crippen LogP contribution is -2.49. The van der Waals surface area contributed by atoms with Crippen LogP contribution in [0, 0.1) is 6.92 Å². The minimum absolute atomic E-state index is 0.223. The molecule has 4 rings (SSSR count). The van der Waals surface area contributed by atoms with Crippen LogP contribution in [0.1, 0.15) is 5.56 Å². The average Bonchev–Trinajstić information content (AvgIpc) is 2.74. The van der Waals surface area contributed by atoms with E-state index in [-0.39, 0.29) is 4.90 Å². The first-order valence-electron chi connectivity index (χ1n) is 9.35. The zero-order valence-corrected chi connectivity index (χ0v) is 17.6. The fourth-order valence-corrected chi connectivity index (χ4v) is 5.03. The van der Waals surface area contributed by atoms with Crippen molar-refractivity contribution in [1.82, 2.24) is 14.5 Å². The zero-order valence-electron chi connectivity index (χ0n) is 16.0. The molecule has 1 aliphatic rings. The number of halogens is 1. The Hall–Kier alpha value is -2.48. The molecule has 2 heterocycles. The topological polar surface area (TPSA) is 66.4 Å². The van der Waals surface area contributed by atoms with E-state index >= 15 is 0 Å². The number of hydrogen-bond donors (Lipinski definition) is 0. The number of anilines is 1. The second-order valence-electron chi connectivity index (χ2n) is 6.99. The molecule has 150 valence electrons. The van der Waals surface area contributed by atoms with Gasteiger partial charge in [-0.2, -0.15) is 4.31 Å². The molecule has 8 heteroatoms. The molecule has 2 aromatic carbocycles. The smallest absolute Gasteiger partial charge is 0.243 e. The van der Waals surface area contributed by atoms with E-state index < -0.39 is 10.0 Å². The van der Waals surface area contributed by atoms with Gasteiger partial charge < -0.3 is 4.90 Å². The Morgan fingerprint density at radius 2 is 1.62 bits per heavy atom. The van der Waals surface area contributed by atoms with E-state index in [0.29, 0.717) is 31.2 Å². The third-order valence-corrected chi connectivity index (χ3v) is 7.12. The maximum absolute atomic E-state index is 12.8. The molecular formula is C21H21ClN4O2S. The summed E-state index contributed by atoms with van der Waals surface area (Å²) in [5.74, 6) is 0.751. The first-order valence-corrected chi connectivity index (χ1v) is 11.2. The van der Waals surface area contributed by atoms with Crippen molar-refractivity contribution in [1.29, 1.82) is 0 Å². The van der Waals surface area contributed by atoms with Crippen molar-refractivity contribution in [2.75, 3.05) is 31.1 Å². The van der Waals surface area contributed by atoms with Crippen LogP contribution in [0.25, 0.3) is 11.3 Å². The van der Waals surface area contributed by atoms with Gasteiger partial charge in [0.2, 0.25) is 10.0 Å². The van der Waals surface area contributed by atoms with Crippen LogP contribution >= 0.6 is 11.6 Å². The number of piperazine rings is 1. The van der Waals surface area contributed by atoms with E-state index in [9.17, 15) is 8.42 Å². The van der Waals surface area contributed by atoms with Crippen LogP contribution in [-0.4, -0.2) is 49.1 Å². The van der Waals surface area contributed by atoms with Crippen LogP contribution in [-0.2, 0) is 10.0 Å². The highest BCUT2D eigenvalue weighted by Crippen LogP contribution is 2.23. The molecule has 0 spiro atoms. The minimum atomic E-state index is -3.55. The normalized spacial score (nSPS) is 15.4. The summed E-state index contributed by atoms with van der Waals surface area (Å²) in [4.78, 5) is 2.27. The van der Waals surface area contributed by atoms with Gasteiger partial charge in [0.15, 0.2) is 5.82 Å². The fourth-order valence-electron chi connectivity index (χ4n) is 3.31. The van der Waals surface area contributed by atoms with Crippen LogP contribution in [0.2, 0.25) is 5.02 Å². The summed E-state index contributed by atoms with van der Waals surface area (Å²) in [5, 5.41) is 9.10. The van der Waals surface area contributed by atoms with E-state index in [4.69, 9.17) is 11.6 Å². The van der Waals surface area contributed by atoms with Gasteiger partial charge in [0, 0.05) is 36.8 Å². The number of hydrogen-bond acceptors (Lipinski definition) is 5. The van der Waals surface area contributed by atoms with Gasteiger partial charge in [0.05, 0.1) is 10.6 Å². The maximum atomic E-state index is 12.8. The first-order chi connectivity index (χ1) is 13.9. The second kappa shape index (κ2) is 8.10. The molecule has 3 aromatic rings. The predicted octanol–water partition coefficient (Wildman–Crippen LogP) is 3.62. The van der Waals surface area contributed by atoms with Crippen LogP contribution < -0.4 is 4.90 Å². The third-order valence-electron chi connectivity index (χ3n) is 4.99. The summed E-state index contributed by atoms with van der Waals surface area (Å²) in [6.07, 6.45) is 0. The van der Waals surface area contributed by atoms with Crippen molar-refractivity contribution in [2.45, 2.75) is 11.8 Å². The summed E-state index contributed by atoms with van der Waals surface area (Å²) in [6.45, 7) is 3.92. The van der Waals surface area contributed by atoms with E-state index in [1.54, 1.807) is 18.2 Å². The van der Waals surface area contributed by atoms with Gasteiger partial charge in [0.1, 0.15) is 0 Å². The molecule has 6 nitrogen and oxygen atoms in total. The molecule has 1 aromatic heterocycles. The lowest BCUT2D eigenvalue weighted by atomic mass is 10.1. The fraction of sp³-hybridized carbons (Fsp3) is 0.238. The molecule has 29 heavy (non-hydrogen) atoms. The van der Waals surface area contributed by atoms with E-state index in [2.05, 4.69) is 15.1 Å². The maximum Gasteiger partial charge on any atom is 0.243 e. The van der Waals surface area contributed by atoms with Crippen molar-refractivity contribution in [2.24, 2.45) is 0 Å². The molecule has 1 aliphatic heterocycles. The van der Waals surface area contributed by atoms with E-state index in [1.807, 2.05) is 43.3 Å². The molecule has 1 fully saturated rings. The van der Waals surface area contributed by atoms with Gasteiger partial charge in [-0.3, -0.25) is 0 Å². The highest BCUT2D eigenvalue weighted by atomic mass is 35.5. The van der Waals surface area contributed by atoms with Gasteiger partial charge >= 0.3 is 0 Å². The number of aryl methyl sites for hydroxylation is 1. The number of benzene rings is 2. The SMILES string of the molecule is Cc1ccc(-c2ccc(N3CCN(S(=O)(=O)c4cccc(Cl)c4)CC3)nn2)cc1. The molecule has 0 amide bonds. The molecule has 0 N–H and O–H groups in total. The Bertz CT molecular complexity index is 1090. The lowest BCUT2D eigenvalue weighted by molar-refractivity contribution is 0.383. The van der Waals surface area contributed by atoms with Crippen molar-refractivity contribution in [3.8, 4) is 11.3 Å². The van der Waals surface area contributed by atoms with Gasteiger partial charge in [-0.25, -0.2) is 8.42 Å². The van der Waals surface area contributed by atoms with Crippen LogP contribution in [0.15, 0.2) is 65.6 Å². The highest BCUT2D eigenvalue weighted by molar-refractivity contribution is 7.89. The summed E-state index contributed by atoms with van der Waals surface area (Å²) in [7, 11) is -3.55. The molecule has 1 saturated heterocycles. The Kier molecular flexibility index (Phi) is 5.54. The van der Waals surface area contributed by atoms with Crippen LogP contribution in [0.5, 0.6) is 0 Å². The molecule has 0 saturated carbocycles. The minimum Gasteiger partial charge on any atom is -0.352 e. The van der Waals surface area contributed by atoms with Gasteiger partial charge in [-0.15, -0.1) is 10.2 Å². The first kappa shape index (κ1) is 19.8. The van der Waals surface area contributed by atoms with Crippen molar-refractivity contribution in [3.05, 3.63) is 71.2 Å². The number of nitrogens with zero attached hydrogens (tertiary/aromatic N) is 4. The number of aromatic nitrogens is 2. The van der Waals surface area contributed by atoms with Gasteiger partial charge in [-0.05, 0) is 37.3 Å². The summed E-state index contributed by atoms with van der Waals surface area (Å²) in [5.41, 5.74) is 3.03. The van der Waals surface area contributed by atoms with E-state index in [1.165, 1.54) is 15.9 Å². The van der Waals surface area contributed by atoms with Crippen molar-refractivity contribution >= 4 is 27.4 Å². The summed E-state index contributed by atoms with van der Waals surface area (Å²) >= 11 is 5.95. The Morgan fingerprint density at radius 1 is 0.897 bits per heavy atom. The van der Waals surface area contributed by atoms with Gasteiger partial charge in [0.25, 0.3) is 0 Å². The molecule has 0 radical (unpaired) electrons. The number of sulfonamides is 1. The zero-order chi connectivity index (χ0) is 20.4. The van der Waals surface area contributed by atoms with Crippen molar-refractivity contribution in [3.63, 3.8) is 0 Å². The van der Waals surface area contributed by atoms with Crippen LogP contribution in [0.3, 0.4) is 0 Å².